The number of hydrogen-bond acceptors (Lipinski definition) is 3. The summed E-state index contributed by atoms with van der Waals surface area (Å²) in [6.07, 6.45) is 3.78. The summed E-state index contributed by atoms with van der Waals surface area (Å²) in [5.41, 5.74) is 0. The number of ether oxygens (including phenoxy) is 1. The Bertz CT molecular complexity index is 204. The Balaban J connectivity index is 1.87. The minimum absolute atomic E-state index is 0.687. The predicted molar refractivity (Wildman–Crippen MR) is 66.7 cm³/mol. The van der Waals surface area contributed by atoms with E-state index in [1.54, 1.807) is 0 Å². The molecule has 3 atom stereocenters. The lowest BCUT2D eigenvalue weighted by Gasteiger charge is -2.30. The van der Waals surface area contributed by atoms with Crippen LogP contribution in [0.25, 0.3) is 0 Å². The van der Waals surface area contributed by atoms with Crippen molar-refractivity contribution >= 4 is 0 Å². The molecule has 0 aromatic heterocycles. The maximum atomic E-state index is 5.48. The van der Waals surface area contributed by atoms with E-state index in [1.807, 2.05) is 0 Å². The molecule has 0 radical (unpaired) electrons. The molecular weight excluding hydrogens is 200 g/mol. The highest BCUT2D eigenvalue weighted by Gasteiger charge is 2.25. The van der Waals surface area contributed by atoms with Crippen molar-refractivity contribution in [2.24, 2.45) is 5.92 Å². The van der Waals surface area contributed by atoms with Crippen LogP contribution in [0.2, 0.25) is 0 Å². The highest BCUT2D eigenvalue weighted by atomic mass is 16.5. The Kier molecular flexibility index (Phi) is 4.62. The number of rotatable bonds is 3. The lowest BCUT2D eigenvalue weighted by Crippen LogP contribution is -2.42. The fraction of sp³-hybridized carbons (Fsp3) is 1.00. The molecule has 0 aliphatic carbocycles. The van der Waals surface area contributed by atoms with Gasteiger partial charge in [-0.1, -0.05) is 6.92 Å². The first kappa shape index (κ1) is 12.3. The quantitative estimate of drug-likeness (QED) is 0.789. The third-order valence-corrected chi connectivity index (χ3v) is 4.08. The van der Waals surface area contributed by atoms with E-state index >= 15 is 0 Å². The molecule has 3 heteroatoms. The van der Waals surface area contributed by atoms with Crippen LogP contribution in [-0.2, 0) is 4.74 Å². The van der Waals surface area contributed by atoms with Gasteiger partial charge in [0.1, 0.15) is 0 Å². The lowest BCUT2D eigenvalue weighted by molar-refractivity contribution is 0.145. The van der Waals surface area contributed by atoms with Crippen molar-refractivity contribution in [3.05, 3.63) is 0 Å². The van der Waals surface area contributed by atoms with E-state index in [9.17, 15) is 0 Å². The summed E-state index contributed by atoms with van der Waals surface area (Å²) in [5, 5.41) is 3.64. The molecule has 2 aliphatic rings. The van der Waals surface area contributed by atoms with Crippen LogP contribution in [-0.4, -0.2) is 49.8 Å². The van der Waals surface area contributed by atoms with E-state index < -0.39 is 0 Å². The maximum Gasteiger partial charge on any atom is 0.0507 e. The molecule has 94 valence electrons. The molecule has 16 heavy (non-hydrogen) atoms. The summed E-state index contributed by atoms with van der Waals surface area (Å²) in [6, 6.07) is 1.41. The van der Waals surface area contributed by atoms with Crippen molar-refractivity contribution in [1.29, 1.82) is 0 Å². The molecular formula is C13H26N2O. The van der Waals surface area contributed by atoms with E-state index in [0.29, 0.717) is 6.04 Å². The standard InChI is InChI=1S/C13H26N2O/c1-3-13-9-15(11(2)4-6-14-13)8-12-5-7-16-10-12/h11-14H,3-10H2,1-2H3. The van der Waals surface area contributed by atoms with Crippen molar-refractivity contribution in [2.75, 3.05) is 32.8 Å². The molecule has 2 saturated heterocycles. The normalized spacial score (nSPS) is 37.5. The monoisotopic (exact) mass is 226 g/mol. The van der Waals surface area contributed by atoms with Gasteiger partial charge in [0.25, 0.3) is 0 Å². The van der Waals surface area contributed by atoms with E-state index in [0.717, 1.165) is 25.2 Å². The molecule has 0 aromatic carbocycles. The fourth-order valence-electron chi connectivity index (χ4n) is 2.79. The van der Waals surface area contributed by atoms with Gasteiger partial charge in [0.05, 0.1) is 6.61 Å². The smallest absolute Gasteiger partial charge is 0.0507 e. The largest absolute Gasteiger partial charge is 0.381 e. The Morgan fingerprint density at radius 1 is 1.38 bits per heavy atom. The van der Waals surface area contributed by atoms with Crippen LogP contribution >= 0.6 is 0 Å². The van der Waals surface area contributed by atoms with Gasteiger partial charge in [-0.2, -0.15) is 0 Å². The molecule has 3 nitrogen and oxygen atoms in total. The maximum absolute atomic E-state index is 5.48. The molecule has 2 heterocycles. The first-order chi connectivity index (χ1) is 7.79. The van der Waals surface area contributed by atoms with Crippen molar-refractivity contribution in [3.8, 4) is 0 Å². The van der Waals surface area contributed by atoms with Crippen LogP contribution in [0.5, 0.6) is 0 Å². The number of nitrogens with one attached hydrogen (secondary N) is 1. The van der Waals surface area contributed by atoms with E-state index in [4.69, 9.17) is 4.74 Å². The molecule has 0 spiro atoms. The van der Waals surface area contributed by atoms with Crippen LogP contribution in [0, 0.1) is 5.92 Å². The van der Waals surface area contributed by atoms with E-state index in [-0.39, 0.29) is 0 Å². The van der Waals surface area contributed by atoms with Gasteiger partial charge in [0.2, 0.25) is 0 Å². The van der Waals surface area contributed by atoms with Crippen LogP contribution in [0.3, 0.4) is 0 Å². The topological polar surface area (TPSA) is 24.5 Å². The summed E-state index contributed by atoms with van der Waals surface area (Å²) < 4.78 is 5.48. The Labute approximate surface area is 99.5 Å². The van der Waals surface area contributed by atoms with Crippen LogP contribution in [0.4, 0.5) is 0 Å². The Morgan fingerprint density at radius 3 is 2.94 bits per heavy atom. The highest BCUT2D eigenvalue weighted by Crippen LogP contribution is 2.18. The number of hydrogen-bond donors (Lipinski definition) is 1. The molecule has 2 rings (SSSR count). The molecule has 2 fully saturated rings. The summed E-state index contributed by atoms with van der Waals surface area (Å²) >= 11 is 0. The minimum atomic E-state index is 0.687. The van der Waals surface area contributed by atoms with Crippen molar-refractivity contribution < 1.29 is 4.74 Å². The second-order valence-electron chi connectivity index (χ2n) is 5.38. The van der Waals surface area contributed by atoms with Gasteiger partial charge >= 0.3 is 0 Å². The summed E-state index contributed by atoms with van der Waals surface area (Å²) in [4.78, 5) is 2.67. The molecule has 3 unspecified atom stereocenters. The molecule has 0 saturated carbocycles. The third-order valence-electron chi connectivity index (χ3n) is 4.08. The summed E-state index contributed by atoms with van der Waals surface area (Å²) in [5.74, 6) is 0.776. The molecule has 0 amide bonds. The Morgan fingerprint density at radius 2 is 2.25 bits per heavy atom. The zero-order valence-corrected chi connectivity index (χ0v) is 10.7. The average molecular weight is 226 g/mol. The number of nitrogens with zero attached hydrogens (tertiary/aromatic N) is 1. The molecule has 0 bridgehead atoms. The average Bonchev–Trinajstić information content (AvgIpc) is 2.72. The van der Waals surface area contributed by atoms with Crippen molar-refractivity contribution in [3.63, 3.8) is 0 Å². The second kappa shape index (κ2) is 5.99. The highest BCUT2D eigenvalue weighted by molar-refractivity contribution is 4.82. The van der Waals surface area contributed by atoms with Gasteiger partial charge in [-0.3, -0.25) is 4.90 Å². The molecule has 0 aromatic rings. The summed E-state index contributed by atoms with van der Waals surface area (Å²) in [7, 11) is 0. The third kappa shape index (κ3) is 3.19. The van der Waals surface area contributed by atoms with E-state index in [2.05, 4.69) is 24.1 Å². The van der Waals surface area contributed by atoms with Crippen LogP contribution in [0.1, 0.15) is 33.1 Å². The predicted octanol–water partition coefficient (Wildman–Crippen LogP) is 1.49. The van der Waals surface area contributed by atoms with Gasteiger partial charge in [0, 0.05) is 31.8 Å². The second-order valence-corrected chi connectivity index (χ2v) is 5.38. The zero-order valence-electron chi connectivity index (χ0n) is 10.7. The Hall–Kier alpha value is -0.120. The lowest BCUT2D eigenvalue weighted by atomic mass is 10.1. The van der Waals surface area contributed by atoms with Gasteiger partial charge in [-0.15, -0.1) is 0 Å². The van der Waals surface area contributed by atoms with E-state index in [1.165, 1.54) is 38.9 Å². The zero-order chi connectivity index (χ0) is 11.4. The van der Waals surface area contributed by atoms with Gasteiger partial charge in [-0.25, -0.2) is 0 Å². The molecule has 2 aliphatic heterocycles. The molecule has 1 N–H and O–H groups in total. The van der Waals surface area contributed by atoms with Gasteiger partial charge < -0.3 is 10.1 Å². The SMILES string of the molecule is CCC1CN(CC2CCOC2)C(C)CCN1. The van der Waals surface area contributed by atoms with Gasteiger partial charge in [0.15, 0.2) is 0 Å². The first-order valence-electron chi connectivity index (χ1n) is 6.84. The minimum Gasteiger partial charge on any atom is -0.381 e. The van der Waals surface area contributed by atoms with Gasteiger partial charge in [-0.05, 0) is 38.6 Å². The summed E-state index contributed by atoms with van der Waals surface area (Å²) in [6.45, 7) is 10.2. The van der Waals surface area contributed by atoms with Crippen molar-refractivity contribution in [2.45, 2.75) is 45.2 Å². The van der Waals surface area contributed by atoms with Crippen LogP contribution in [0.15, 0.2) is 0 Å². The fourth-order valence-corrected chi connectivity index (χ4v) is 2.79. The van der Waals surface area contributed by atoms with Crippen molar-refractivity contribution in [1.82, 2.24) is 10.2 Å². The first-order valence-corrected chi connectivity index (χ1v) is 6.84. The van der Waals surface area contributed by atoms with Crippen LogP contribution < -0.4 is 5.32 Å².